The Morgan fingerprint density at radius 1 is 1.25 bits per heavy atom. The average molecular weight is 343 g/mol. The van der Waals surface area contributed by atoms with Gasteiger partial charge >= 0.3 is 0 Å². The minimum absolute atomic E-state index is 0.0588. The first-order valence-corrected chi connectivity index (χ1v) is 8.20. The summed E-state index contributed by atoms with van der Waals surface area (Å²) in [5.74, 6) is -0.0588. The van der Waals surface area contributed by atoms with E-state index in [1.54, 1.807) is 24.2 Å². The molecule has 24 heavy (non-hydrogen) atoms. The van der Waals surface area contributed by atoms with Crippen molar-refractivity contribution in [3.63, 3.8) is 0 Å². The zero-order valence-electron chi connectivity index (χ0n) is 13.4. The number of aromatic amines is 2. The Morgan fingerprint density at radius 3 is 2.75 bits per heavy atom. The van der Waals surface area contributed by atoms with Crippen LogP contribution in [0.3, 0.4) is 0 Å². The van der Waals surface area contributed by atoms with Gasteiger partial charge in [0, 0.05) is 31.0 Å². The lowest BCUT2D eigenvalue weighted by molar-refractivity contribution is 0.0788. The third-order valence-electron chi connectivity index (χ3n) is 3.86. The Balaban J connectivity index is 1.51. The van der Waals surface area contributed by atoms with Crippen LogP contribution in [0.5, 0.6) is 0 Å². The van der Waals surface area contributed by atoms with E-state index in [-0.39, 0.29) is 5.91 Å². The summed E-state index contributed by atoms with van der Waals surface area (Å²) in [7, 11) is 1.79. The van der Waals surface area contributed by atoms with E-state index >= 15 is 0 Å². The average Bonchev–Trinajstić information content (AvgIpc) is 3.24. The molecule has 2 N–H and O–H groups in total. The Bertz CT molecular complexity index is 809. The molecule has 0 aliphatic carbocycles. The number of aromatic nitrogens is 3. The van der Waals surface area contributed by atoms with Crippen molar-refractivity contribution >= 4 is 17.5 Å². The summed E-state index contributed by atoms with van der Waals surface area (Å²) in [6.45, 7) is 0.662. The highest BCUT2D eigenvalue weighted by Gasteiger charge is 2.13. The summed E-state index contributed by atoms with van der Waals surface area (Å²) in [4.78, 5) is 16.8. The predicted octanol–water partition coefficient (Wildman–Crippen LogP) is 3.76. The Morgan fingerprint density at radius 2 is 2.04 bits per heavy atom. The summed E-state index contributed by atoms with van der Waals surface area (Å²) >= 11 is 5.83. The summed E-state index contributed by atoms with van der Waals surface area (Å²) < 4.78 is 0. The molecule has 0 saturated heterocycles. The highest BCUT2D eigenvalue weighted by atomic mass is 35.5. The van der Waals surface area contributed by atoms with Gasteiger partial charge in [-0.05, 0) is 25.0 Å². The second kappa shape index (κ2) is 7.36. The van der Waals surface area contributed by atoms with Gasteiger partial charge in [0.15, 0.2) is 0 Å². The van der Waals surface area contributed by atoms with Crippen LogP contribution >= 0.6 is 11.6 Å². The molecule has 0 aliphatic heterocycles. The Hall–Kier alpha value is -2.53. The first-order valence-electron chi connectivity index (χ1n) is 7.82. The zero-order chi connectivity index (χ0) is 16.9. The molecule has 2 heterocycles. The van der Waals surface area contributed by atoms with E-state index in [0.29, 0.717) is 17.3 Å². The second-order valence-corrected chi connectivity index (χ2v) is 6.14. The van der Waals surface area contributed by atoms with E-state index in [2.05, 4.69) is 21.2 Å². The molecule has 0 unspecified atom stereocenters. The van der Waals surface area contributed by atoms with Crippen LogP contribution in [0.2, 0.25) is 5.02 Å². The van der Waals surface area contributed by atoms with Gasteiger partial charge < -0.3 is 9.88 Å². The topological polar surface area (TPSA) is 64.8 Å². The van der Waals surface area contributed by atoms with Crippen LogP contribution in [0.15, 0.2) is 48.7 Å². The third-order valence-corrected chi connectivity index (χ3v) is 4.08. The number of carbonyl (C=O) groups excluding carboxylic acids is 1. The van der Waals surface area contributed by atoms with Gasteiger partial charge in [-0.15, -0.1) is 0 Å². The van der Waals surface area contributed by atoms with Crippen LogP contribution in [-0.4, -0.2) is 39.6 Å². The molecule has 1 aromatic carbocycles. The van der Waals surface area contributed by atoms with E-state index in [1.807, 2.05) is 30.3 Å². The maximum absolute atomic E-state index is 12.2. The van der Waals surface area contributed by atoms with Crippen LogP contribution in [0.4, 0.5) is 0 Å². The summed E-state index contributed by atoms with van der Waals surface area (Å²) in [5, 5.41) is 7.95. The van der Waals surface area contributed by atoms with Crippen molar-refractivity contribution in [2.24, 2.45) is 0 Å². The van der Waals surface area contributed by atoms with Gasteiger partial charge in [0.05, 0.1) is 10.7 Å². The predicted molar refractivity (Wildman–Crippen MR) is 95.1 cm³/mol. The number of rotatable bonds is 6. The van der Waals surface area contributed by atoms with Crippen molar-refractivity contribution in [1.29, 1.82) is 0 Å². The lowest BCUT2D eigenvalue weighted by Crippen LogP contribution is -2.28. The van der Waals surface area contributed by atoms with Crippen molar-refractivity contribution in [3.05, 3.63) is 65.1 Å². The van der Waals surface area contributed by atoms with Crippen molar-refractivity contribution in [3.8, 4) is 11.3 Å². The molecule has 0 radical (unpaired) electrons. The molecule has 2 aromatic heterocycles. The van der Waals surface area contributed by atoms with Gasteiger partial charge in [0.1, 0.15) is 5.69 Å². The maximum atomic E-state index is 12.2. The number of nitrogens with one attached hydrogen (secondary N) is 2. The standard InChI is InChI=1S/C18H19ClN4O/c1-23(18(24)17-10-14(19)12-20-17)9-5-8-15-11-16(22-21-15)13-6-3-2-4-7-13/h2-4,6-7,10-12,20H,5,8-9H2,1H3,(H,21,22). The van der Waals surface area contributed by atoms with Crippen LogP contribution in [0, 0.1) is 0 Å². The summed E-state index contributed by atoms with van der Waals surface area (Å²) in [6.07, 6.45) is 3.30. The van der Waals surface area contributed by atoms with Crippen LogP contribution in [0.1, 0.15) is 22.6 Å². The van der Waals surface area contributed by atoms with Crippen LogP contribution in [-0.2, 0) is 6.42 Å². The minimum atomic E-state index is -0.0588. The summed E-state index contributed by atoms with van der Waals surface area (Å²) in [6, 6.07) is 13.8. The van der Waals surface area contributed by atoms with Gasteiger partial charge in [0.25, 0.3) is 5.91 Å². The highest BCUT2D eigenvalue weighted by Crippen LogP contribution is 2.17. The Kier molecular flexibility index (Phi) is 5.01. The van der Waals surface area contributed by atoms with Gasteiger partial charge in [-0.1, -0.05) is 41.9 Å². The monoisotopic (exact) mass is 342 g/mol. The van der Waals surface area contributed by atoms with Crippen LogP contribution < -0.4 is 0 Å². The third kappa shape index (κ3) is 3.86. The lowest BCUT2D eigenvalue weighted by Gasteiger charge is -2.15. The molecule has 0 saturated carbocycles. The highest BCUT2D eigenvalue weighted by molar-refractivity contribution is 6.30. The zero-order valence-corrected chi connectivity index (χ0v) is 14.2. The van der Waals surface area contributed by atoms with Gasteiger partial charge in [-0.2, -0.15) is 5.10 Å². The lowest BCUT2D eigenvalue weighted by atomic mass is 10.1. The van der Waals surface area contributed by atoms with Crippen molar-refractivity contribution in [2.75, 3.05) is 13.6 Å². The molecule has 5 nitrogen and oxygen atoms in total. The summed E-state index contributed by atoms with van der Waals surface area (Å²) in [5.41, 5.74) is 3.61. The van der Waals surface area contributed by atoms with Gasteiger partial charge in [-0.3, -0.25) is 9.89 Å². The Labute approximate surface area is 145 Å². The number of hydrogen-bond donors (Lipinski definition) is 2. The largest absolute Gasteiger partial charge is 0.356 e. The van der Waals surface area contributed by atoms with Crippen LogP contribution in [0.25, 0.3) is 11.3 Å². The fourth-order valence-electron chi connectivity index (χ4n) is 2.55. The molecule has 0 bridgehead atoms. The molecule has 1 amide bonds. The number of benzene rings is 1. The van der Waals surface area contributed by atoms with E-state index in [0.717, 1.165) is 29.8 Å². The SMILES string of the molecule is CN(CCCc1cc(-c2ccccc2)n[nH]1)C(=O)c1cc(Cl)c[nH]1. The number of halogens is 1. The first kappa shape index (κ1) is 16.3. The fourth-order valence-corrected chi connectivity index (χ4v) is 2.72. The van der Waals surface area contributed by atoms with Crippen molar-refractivity contribution < 1.29 is 4.79 Å². The number of carbonyl (C=O) groups is 1. The van der Waals surface area contributed by atoms with E-state index in [1.165, 1.54) is 0 Å². The number of hydrogen-bond acceptors (Lipinski definition) is 2. The molecular formula is C18H19ClN4O. The van der Waals surface area contributed by atoms with E-state index < -0.39 is 0 Å². The molecular weight excluding hydrogens is 324 g/mol. The number of H-pyrrole nitrogens is 2. The van der Waals surface area contributed by atoms with E-state index in [9.17, 15) is 4.79 Å². The van der Waals surface area contributed by atoms with Gasteiger partial charge in [0.2, 0.25) is 0 Å². The molecule has 124 valence electrons. The number of aryl methyl sites for hydroxylation is 1. The maximum Gasteiger partial charge on any atom is 0.270 e. The molecule has 0 aliphatic rings. The molecule has 6 heteroatoms. The number of nitrogens with zero attached hydrogens (tertiary/aromatic N) is 2. The van der Waals surface area contributed by atoms with Crippen molar-refractivity contribution in [2.45, 2.75) is 12.8 Å². The quantitative estimate of drug-likeness (QED) is 0.716. The molecule has 0 fully saturated rings. The normalized spacial score (nSPS) is 10.8. The molecule has 3 aromatic rings. The molecule has 0 spiro atoms. The smallest absolute Gasteiger partial charge is 0.270 e. The fraction of sp³-hybridized carbons (Fsp3) is 0.222. The van der Waals surface area contributed by atoms with E-state index in [4.69, 9.17) is 11.6 Å². The second-order valence-electron chi connectivity index (χ2n) is 5.71. The van der Waals surface area contributed by atoms with Crippen molar-refractivity contribution in [1.82, 2.24) is 20.1 Å². The molecule has 3 rings (SSSR count). The minimum Gasteiger partial charge on any atom is -0.356 e. The van der Waals surface area contributed by atoms with Gasteiger partial charge in [-0.25, -0.2) is 0 Å². The first-order chi connectivity index (χ1) is 11.6. The number of amides is 1. The molecule has 0 atom stereocenters.